The van der Waals surface area contributed by atoms with E-state index in [0.29, 0.717) is 15.8 Å². The Morgan fingerprint density at radius 1 is 1.33 bits per heavy atom. The molecule has 2 N–H and O–H groups in total. The van der Waals surface area contributed by atoms with Crippen molar-refractivity contribution in [2.75, 3.05) is 0 Å². The van der Waals surface area contributed by atoms with E-state index in [1.54, 1.807) is 6.07 Å². The van der Waals surface area contributed by atoms with Crippen LogP contribution in [0.3, 0.4) is 0 Å². The molecule has 0 amide bonds. The van der Waals surface area contributed by atoms with E-state index in [4.69, 9.17) is 23.8 Å². The van der Waals surface area contributed by atoms with E-state index in [-0.39, 0.29) is 10.8 Å². The summed E-state index contributed by atoms with van der Waals surface area (Å²) in [5.41, 5.74) is 1.10. The van der Waals surface area contributed by atoms with Crippen molar-refractivity contribution in [2.24, 2.45) is 0 Å². The highest BCUT2D eigenvalue weighted by Gasteiger charge is 2.12. The minimum absolute atomic E-state index is 0.0792. The zero-order valence-corrected chi connectivity index (χ0v) is 8.75. The lowest BCUT2D eigenvalue weighted by Crippen LogP contribution is -2.02. The number of aromatic amines is 2. The second-order valence-electron chi connectivity index (χ2n) is 2.76. The van der Waals surface area contributed by atoms with E-state index >= 15 is 0 Å². The number of aromatic nitrogens is 2. The van der Waals surface area contributed by atoms with Gasteiger partial charge >= 0.3 is 6.61 Å². The molecule has 0 spiro atoms. The molecular formula is C8H5ClF2N2OS. The van der Waals surface area contributed by atoms with E-state index in [9.17, 15) is 8.78 Å². The summed E-state index contributed by atoms with van der Waals surface area (Å²) in [6.45, 7) is -2.90. The highest BCUT2D eigenvalue weighted by Crippen LogP contribution is 2.31. The third kappa shape index (κ3) is 1.95. The maximum absolute atomic E-state index is 12.0. The molecule has 1 heterocycles. The number of ether oxygens (including phenoxy) is 1. The SMILES string of the molecule is FC(F)Oc1ccc2[nH]c(=S)[nH]c2c1Cl. The van der Waals surface area contributed by atoms with Gasteiger partial charge in [0.2, 0.25) is 0 Å². The van der Waals surface area contributed by atoms with E-state index in [1.165, 1.54) is 6.07 Å². The Balaban J connectivity index is 2.59. The average molecular weight is 251 g/mol. The van der Waals surface area contributed by atoms with Gasteiger partial charge in [-0.25, -0.2) is 0 Å². The summed E-state index contributed by atoms with van der Waals surface area (Å²) >= 11 is 10.7. The van der Waals surface area contributed by atoms with Gasteiger partial charge in [0.25, 0.3) is 0 Å². The second-order valence-corrected chi connectivity index (χ2v) is 3.54. The van der Waals surface area contributed by atoms with Crippen LogP contribution in [0.1, 0.15) is 0 Å². The van der Waals surface area contributed by atoms with Crippen LogP contribution in [0.2, 0.25) is 5.02 Å². The van der Waals surface area contributed by atoms with Crippen LogP contribution in [0.15, 0.2) is 12.1 Å². The molecule has 0 unspecified atom stereocenters. The van der Waals surface area contributed by atoms with Crippen molar-refractivity contribution in [2.45, 2.75) is 6.61 Å². The number of fused-ring (bicyclic) bond motifs is 1. The first-order valence-corrected chi connectivity index (χ1v) is 4.72. The molecule has 0 aliphatic rings. The molecule has 1 aromatic carbocycles. The summed E-state index contributed by atoms with van der Waals surface area (Å²) in [4.78, 5) is 5.55. The number of imidazole rings is 1. The fourth-order valence-corrected chi connectivity index (χ4v) is 1.71. The summed E-state index contributed by atoms with van der Waals surface area (Å²) in [6, 6.07) is 2.92. The number of halogens is 3. The first kappa shape index (κ1) is 10.4. The molecule has 0 bridgehead atoms. The van der Waals surface area contributed by atoms with Crippen LogP contribution in [-0.4, -0.2) is 16.6 Å². The summed E-state index contributed by atoms with van der Waals surface area (Å²) < 4.78 is 28.6. The molecule has 3 nitrogen and oxygen atoms in total. The molecule has 2 rings (SSSR count). The van der Waals surface area contributed by atoms with Crippen LogP contribution in [0.25, 0.3) is 11.0 Å². The van der Waals surface area contributed by atoms with Crippen molar-refractivity contribution in [1.82, 2.24) is 9.97 Å². The minimum Gasteiger partial charge on any atom is -0.433 e. The average Bonchev–Trinajstić information content (AvgIpc) is 2.51. The zero-order valence-electron chi connectivity index (χ0n) is 7.18. The van der Waals surface area contributed by atoms with Crippen molar-refractivity contribution in [3.63, 3.8) is 0 Å². The molecule has 80 valence electrons. The molecule has 7 heteroatoms. The van der Waals surface area contributed by atoms with Crippen molar-refractivity contribution < 1.29 is 13.5 Å². The Bertz CT molecular complexity index is 551. The Morgan fingerprint density at radius 3 is 2.73 bits per heavy atom. The lowest BCUT2D eigenvalue weighted by molar-refractivity contribution is -0.0497. The smallest absolute Gasteiger partial charge is 0.387 e. The highest BCUT2D eigenvalue weighted by atomic mass is 35.5. The summed E-state index contributed by atoms with van der Waals surface area (Å²) in [7, 11) is 0. The number of rotatable bonds is 2. The lowest BCUT2D eigenvalue weighted by atomic mass is 10.3. The van der Waals surface area contributed by atoms with Crippen molar-refractivity contribution in [1.29, 1.82) is 0 Å². The molecule has 0 radical (unpaired) electrons. The van der Waals surface area contributed by atoms with Crippen LogP contribution in [-0.2, 0) is 0 Å². The zero-order chi connectivity index (χ0) is 11.0. The molecule has 1 aromatic heterocycles. The van der Waals surface area contributed by atoms with E-state index in [0.717, 1.165) is 0 Å². The van der Waals surface area contributed by atoms with Gasteiger partial charge in [-0.05, 0) is 24.4 Å². The summed E-state index contributed by atoms with van der Waals surface area (Å²) in [5.74, 6) is -0.0792. The van der Waals surface area contributed by atoms with Gasteiger partial charge in [0.05, 0.1) is 11.0 Å². The maximum atomic E-state index is 12.0. The number of hydrogen-bond acceptors (Lipinski definition) is 2. The number of hydrogen-bond donors (Lipinski definition) is 2. The van der Waals surface area contributed by atoms with Crippen LogP contribution in [0, 0.1) is 4.77 Å². The number of alkyl halides is 2. The van der Waals surface area contributed by atoms with E-state index in [2.05, 4.69) is 14.7 Å². The van der Waals surface area contributed by atoms with Crippen LogP contribution < -0.4 is 4.74 Å². The van der Waals surface area contributed by atoms with Gasteiger partial charge in [-0.1, -0.05) is 11.6 Å². The predicted octanol–water partition coefficient (Wildman–Crippen LogP) is 3.48. The van der Waals surface area contributed by atoms with Crippen LogP contribution in [0.4, 0.5) is 8.78 Å². The van der Waals surface area contributed by atoms with Gasteiger partial charge in [0.15, 0.2) is 4.77 Å². The monoisotopic (exact) mass is 250 g/mol. The first-order valence-electron chi connectivity index (χ1n) is 3.93. The largest absolute Gasteiger partial charge is 0.433 e. The number of benzene rings is 1. The van der Waals surface area contributed by atoms with E-state index < -0.39 is 6.61 Å². The molecule has 15 heavy (non-hydrogen) atoms. The van der Waals surface area contributed by atoms with Crippen LogP contribution >= 0.6 is 23.8 Å². The maximum Gasteiger partial charge on any atom is 0.387 e. The van der Waals surface area contributed by atoms with Gasteiger partial charge in [0.1, 0.15) is 10.8 Å². The van der Waals surface area contributed by atoms with E-state index in [1.807, 2.05) is 0 Å². The molecule has 0 aliphatic carbocycles. The minimum atomic E-state index is -2.90. The number of H-pyrrole nitrogens is 2. The highest BCUT2D eigenvalue weighted by molar-refractivity contribution is 7.71. The van der Waals surface area contributed by atoms with Gasteiger partial charge in [0, 0.05) is 0 Å². The molecule has 0 saturated carbocycles. The molecular weight excluding hydrogens is 246 g/mol. The summed E-state index contributed by atoms with van der Waals surface area (Å²) in [6.07, 6.45) is 0. The van der Waals surface area contributed by atoms with Gasteiger partial charge in [-0.3, -0.25) is 0 Å². The molecule has 0 fully saturated rings. The standard InChI is InChI=1S/C8H5ClF2N2OS/c9-5-4(14-7(10)11)2-1-3-6(5)13-8(15)12-3/h1-2,7H,(H2,12,13,15). The third-order valence-corrected chi connectivity index (χ3v) is 2.39. The fraction of sp³-hybridized carbons (Fsp3) is 0.125. The molecule has 0 saturated heterocycles. The number of nitrogens with one attached hydrogen (secondary N) is 2. The van der Waals surface area contributed by atoms with Crippen molar-refractivity contribution in [3.8, 4) is 5.75 Å². The van der Waals surface area contributed by atoms with Crippen LogP contribution in [0.5, 0.6) is 5.75 Å². The van der Waals surface area contributed by atoms with Gasteiger partial charge < -0.3 is 14.7 Å². The third-order valence-electron chi connectivity index (χ3n) is 1.81. The Kier molecular flexibility index (Phi) is 2.62. The van der Waals surface area contributed by atoms with Gasteiger partial charge in [-0.2, -0.15) is 8.78 Å². The Labute approximate surface area is 93.0 Å². The fourth-order valence-electron chi connectivity index (χ4n) is 1.24. The Hall–Kier alpha value is -1.14. The first-order chi connectivity index (χ1) is 7.08. The lowest BCUT2D eigenvalue weighted by Gasteiger charge is -2.06. The topological polar surface area (TPSA) is 40.8 Å². The quantitative estimate of drug-likeness (QED) is 0.801. The molecule has 2 aromatic rings. The second kappa shape index (κ2) is 3.79. The molecule has 0 aliphatic heterocycles. The Morgan fingerprint density at radius 2 is 2.07 bits per heavy atom. The van der Waals surface area contributed by atoms with Gasteiger partial charge in [-0.15, -0.1) is 0 Å². The normalized spacial score (nSPS) is 11.2. The predicted molar refractivity (Wildman–Crippen MR) is 55.1 cm³/mol. The summed E-state index contributed by atoms with van der Waals surface area (Å²) in [5, 5.41) is 0.0835. The molecule has 0 atom stereocenters. The van der Waals surface area contributed by atoms with Crippen molar-refractivity contribution >= 4 is 34.9 Å². The van der Waals surface area contributed by atoms with Crippen molar-refractivity contribution in [3.05, 3.63) is 21.9 Å².